The van der Waals surface area contributed by atoms with Gasteiger partial charge >= 0.3 is 0 Å². The van der Waals surface area contributed by atoms with Gasteiger partial charge in [0.1, 0.15) is 6.54 Å². The predicted molar refractivity (Wildman–Crippen MR) is 108 cm³/mol. The molecule has 0 atom stereocenters. The van der Waals surface area contributed by atoms with Crippen molar-refractivity contribution in [2.45, 2.75) is 66.3 Å². The van der Waals surface area contributed by atoms with E-state index in [1.165, 1.54) is 19.3 Å². The minimum Gasteiger partial charge on any atom is -0.359 e. The van der Waals surface area contributed by atoms with Crippen molar-refractivity contribution >= 4 is 29.9 Å². The molecular weight excluding hydrogens is 403 g/mol. The summed E-state index contributed by atoms with van der Waals surface area (Å²) in [7, 11) is 0. The molecule has 0 aromatic carbocycles. The molecule has 0 bridgehead atoms. The highest BCUT2D eigenvalue weighted by Gasteiger charge is 2.07. The number of nitrogens with zero attached hydrogens (tertiary/aromatic N) is 2. The number of unbranched alkanes of at least 4 members (excludes halogenated alkanes) is 1. The van der Waals surface area contributed by atoms with Crippen molar-refractivity contribution < 1.29 is 4.52 Å². The highest BCUT2D eigenvalue weighted by molar-refractivity contribution is 14.0. The summed E-state index contributed by atoms with van der Waals surface area (Å²) in [6.45, 7) is 13.1. The molecule has 0 aliphatic heterocycles. The third-order valence-corrected chi connectivity index (χ3v) is 3.41. The van der Waals surface area contributed by atoms with E-state index in [1.54, 1.807) is 0 Å². The second-order valence-corrected chi connectivity index (χ2v) is 6.38. The summed E-state index contributed by atoms with van der Waals surface area (Å²) < 4.78 is 5.31. The van der Waals surface area contributed by atoms with Crippen LogP contribution < -0.4 is 10.6 Å². The van der Waals surface area contributed by atoms with Crippen LogP contribution in [-0.4, -0.2) is 24.2 Å². The molecule has 0 amide bonds. The van der Waals surface area contributed by atoms with Crippen LogP contribution in [-0.2, 0) is 6.54 Å². The van der Waals surface area contributed by atoms with Crippen LogP contribution in [0.4, 0.5) is 0 Å². The van der Waals surface area contributed by atoms with E-state index < -0.39 is 0 Å². The number of halogens is 1. The number of hydrogen-bond donors (Lipinski definition) is 2. The summed E-state index contributed by atoms with van der Waals surface area (Å²) in [6.07, 6.45) is 3.71. The lowest BCUT2D eigenvalue weighted by Crippen LogP contribution is -2.37. The van der Waals surface area contributed by atoms with Gasteiger partial charge in [-0.15, -0.1) is 24.0 Å². The van der Waals surface area contributed by atoms with Crippen LogP contribution in [0.15, 0.2) is 15.6 Å². The first-order valence-corrected chi connectivity index (χ1v) is 8.50. The van der Waals surface area contributed by atoms with E-state index in [-0.39, 0.29) is 24.0 Å². The van der Waals surface area contributed by atoms with Crippen molar-refractivity contribution in [2.75, 3.05) is 13.1 Å². The van der Waals surface area contributed by atoms with Crippen molar-refractivity contribution in [2.24, 2.45) is 10.9 Å². The first kappa shape index (κ1) is 22.2. The van der Waals surface area contributed by atoms with Crippen LogP contribution in [0, 0.1) is 5.92 Å². The highest BCUT2D eigenvalue weighted by atomic mass is 127. The van der Waals surface area contributed by atoms with Gasteiger partial charge in [0.15, 0.2) is 11.7 Å². The van der Waals surface area contributed by atoms with Gasteiger partial charge in [0.25, 0.3) is 0 Å². The quantitative estimate of drug-likeness (QED) is 0.262. The minimum atomic E-state index is 0. The van der Waals surface area contributed by atoms with Gasteiger partial charge in [-0.05, 0) is 25.2 Å². The van der Waals surface area contributed by atoms with Gasteiger partial charge in [-0.3, -0.25) is 0 Å². The molecule has 0 fully saturated rings. The normalized spacial score (nSPS) is 11.7. The maximum absolute atomic E-state index is 5.31. The number of rotatable bonds is 9. The van der Waals surface area contributed by atoms with Crippen molar-refractivity contribution in [1.29, 1.82) is 0 Å². The molecule has 5 nitrogen and oxygen atoms in total. The average Bonchev–Trinajstić information content (AvgIpc) is 2.93. The molecule has 134 valence electrons. The summed E-state index contributed by atoms with van der Waals surface area (Å²) >= 11 is 0. The molecule has 2 N–H and O–H groups in total. The Kier molecular flexibility index (Phi) is 12.2. The Morgan fingerprint density at radius 2 is 1.96 bits per heavy atom. The predicted octanol–water partition coefficient (Wildman–Crippen LogP) is 4.30. The summed E-state index contributed by atoms with van der Waals surface area (Å²) in [4.78, 5) is 4.55. The first-order chi connectivity index (χ1) is 10.5. The number of aromatic nitrogens is 1. The number of aliphatic imine (C=N–C) groups is 1. The molecule has 0 aliphatic rings. The van der Waals surface area contributed by atoms with E-state index >= 15 is 0 Å². The summed E-state index contributed by atoms with van der Waals surface area (Å²) in [5.41, 5.74) is 0.983. The molecule has 6 heteroatoms. The van der Waals surface area contributed by atoms with Gasteiger partial charge in [0.2, 0.25) is 0 Å². The van der Waals surface area contributed by atoms with E-state index in [0.29, 0.717) is 12.5 Å². The number of guanidine groups is 1. The van der Waals surface area contributed by atoms with Gasteiger partial charge in [-0.25, -0.2) is 4.99 Å². The molecule has 1 rings (SSSR count). The Morgan fingerprint density at radius 3 is 2.52 bits per heavy atom. The zero-order valence-electron chi connectivity index (χ0n) is 15.2. The van der Waals surface area contributed by atoms with E-state index in [2.05, 4.69) is 55.4 Å². The van der Waals surface area contributed by atoms with E-state index in [0.717, 1.165) is 36.4 Å². The fourth-order valence-electron chi connectivity index (χ4n) is 2.06. The smallest absolute Gasteiger partial charge is 0.191 e. The number of hydrogen-bond acceptors (Lipinski definition) is 3. The largest absolute Gasteiger partial charge is 0.359 e. The molecule has 1 aromatic rings. The Balaban J connectivity index is 0.00000484. The standard InChI is InChI=1S/C17H32N4O.HI/c1-6-18-17(19-10-8-7-9-13(2)3)20-12-15-11-16(14(4)5)21-22-15;/h11,13-14H,6-10,12H2,1-5H3,(H2,18,19,20);1H. The van der Waals surface area contributed by atoms with E-state index in [9.17, 15) is 0 Å². The van der Waals surface area contributed by atoms with Gasteiger partial charge in [0, 0.05) is 19.2 Å². The fraction of sp³-hybridized carbons (Fsp3) is 0.765. The van der Waals surface area contributed by atoms with Crippen molar-refractivity contribution in [3.8, 4) is 0 Å². The van der Waals surface area contributed by atoms with Crippen LogP contribution in [0.2, 0.25) is 0 Å². The monoisotopic (exact) mass is 436 g/mol. The molecule has 23 heavy (non-hydrogen) atoms. The average molecular weight is 436 g/mol. The van der Waals surface area contributed by atoms with Gasteiger partial charge in [-0.2, -0.15) is 0 Å². The second-order valence-electron chi connectivity index (χ2n) is 6.38. The van der Waals surface area contributed by atoms with E-state index in [4.69, 9.17) is 4.52 Å². The molecule has 0 unspecified atom stereocenters. The Hall–Kier alpha value is -0.790. The molecule has 0 saturated carbocycles. The van der Waals surface area contributed by atoms with Gasteiger partial charge in [0.05, 0.1) is 5.69 Å². The second kappa shape index (κ2) is 12.6. The fourth-order valence-corrected chi connectivity index (χ4v) is 2.06. The molecular formula is C17H33IN4O. The summed E-state index contributed by atoms with van der Waals surface area (Å²) in [5, 5.41) is 10.7. The summed E-state index contributed by atoms with van der Waals surface area (Å²) in [5.74, 6) is 2.81. The van der Waals surface area contributed by atoms with E-state index in [1.807, 2.05) is 6.07 Å². The lowest BCUT2D eigenvalue weighted by molar-refractivity contribution is 0.376. The highest BCUT2D eigenvalue weighted by Crippen LogP contribution is 2.14. The lowest BCUT2D eigenvalue weighted by atomic mass is 10.1. The Morgan fingerprint density at radius 1 is 1.22 bits per heavy atom. The molecule has 1 heterocycles. The maximum Gasteiger partial charge on any atom is 0.191 e. The van der Waals surface area contributed by atoms with Crippen LogP contribution >= 0.6 is 24.0 Å². The van der Waals surface area contributed by atoms with Crippen molar-refractivity contribution in [3.63, 3.8) is 0 Å². The van der Waals surface area contributed by atoms with Crippen LogP contribution in [0.5, 0.6) is 0 Å². The molecule has 1 aromatic heterocycles. The van der Waals surface area contributed by atoms with Crippen LogP contribution in [0.3, 0.4) is 0 Å². The lowest BCUT2D eigenvalue weighted by Gasteiger charge is -2.11. The zero-order valence-corrected chi connectivity index (χ0v) is 17.5. The SMILES string of the molecule is CCNC(=NCc1cc(C(C)C)no1)NCCCCC(C)C.I. The number of nitrogens with one attached hydrogen (secondary N) is 2. The zero-order chi connectivity index (χ0) is 16.4. The Bertz CT molecular complexity index is 444. The van der Waals surface area contributed by atoms with Crippen molar-refractivity contribution in [3.05, 3.63) is 17.5 Å². The molecule has 0 aliphatic carbocycles. The maximum atomic E-state index is 5.31. The topological polar surface area (TPSA) is 62.5 Å². The molecule has 0 spiro atoms. The third kappa shape index (κ3) is 9.84. The van der Waals surface area contributed by atoms with Gasteiger partial charge < -0.3 is 15.2 Å². The first-order valence-electron chi connectivity index (χ1n) is 8.50. The van der Waals surface area contributed by atoms with Gasteiger partial charge in [-0.1, -0.05) is 45.7 Å². The minimum absolute atomic E-state index is 0. The Labute approximate surface area is 158 Å². The third-order valence-electron chi connectivity index (χ3n) is 3.41. The van der Waals surface area contributed by atoms with Crippen LogP contribution in [0.25, 0.3) is 0 Å². The molecule has 0 radical (unpaired) electrons. The van der Waals surface area contributed by atoms with Crippen LogP contribution in [0.1, 0.15) is 71.3 Å². The molecule has 0 saturated heterocycles. The summed E-state index contributed by atoms with van der Waals surface area (Å²) in [6, 6.07) is 1.99. The van der Waals surface area contributed by atoms with Crippen molar-refractivity contribution in [1.82, 2.24) is 15.8 Å².